The summed E-state index contributed by atoms with van der Waals surface area (Å²) in [6.07, 6.45) is 3.30. The zero-order valence-electron chi connectivity index (χ0n) is 11.4. The Labute approximate surface area is 121 Å². The number of nitrogens with zero attached hydrogens (tertiary/aromatic N) is 4. The third-order valence-corrected chi connectivity index (χ3v) is 2.92. The first-order valence-corrected chi connectivity index (χ1v) is 6.41. The molecule has 0 atom stereocenters. The maximum Gasteiger partial charge on any atom is 0.277 e. The Hall–Kier alpha value is -3.02. The number of amides is 1. The second-order valence-corrected chi connectivity index (χ2v) is 4.53. The zero-order chi connectivity index (χ0) is 14.7. The maximum absolute atomic E-state index is 12.0. The highest BCUT2D eigenvalue weighted by molar-refractivity contribution is 6.02. The third kappa shape index (κ3) is 2.94. The minimum atomic E-state index is -0.290. The van der Waals surface area contributed by atoms with Crippen LogP contribution in [0.4, 0.5) is 5.69 Å². The van der Waals surface area contributed by atoms with Crippen molar-refractivity contribution >= 4 is 11.6 Å². The molecular weight excluding hydrogens is 266 g/mol. The molecule has 0 unspecified atom stereocenters. The number of pyridine rings is 1. The Morgan fingerprint density at radius 2 is 2.10 bits per heavy atom. The van der Waals surface area contributed by atoms with Crippen LogP contribution in [0, 0.1) is 0 Å². The number of nitrogens with one attached hydrogen (secondary N) is 1. The van der Waals surface area contributed by atoms with Gasteiger partial charge in [0, 0.05) is 24.5 Å². The van der Waals surface area contributed by atoms with Gasteiger partial charge in [0.15, 0.2) is 5.69 Å². The molecule has 0 fully saturated rings. The molecule has 1 amide bonds. The average molecular weight is 279 g/mol. The highest BCUT2D eigenvalue weighted by atomic mass is 16.2. The topological polar surface area (TPSA) is 72.7 Å². The van der Waals surface area contributed by atoms with Gasteiger partial charge in [-0.2, -0.15) is 0 Å². The van der Waals surface area contributed by atoms with Crippen LogP contribution in [0.15, 0.2) is 54.9 Å². The van der Waals surface area contributed by atoms with Gasteiger partial charge in [0.1, 0.15) is 0 Å². The number of anilines is 1. The summed E-state index contributed by atoms with van der Waals surface area (Å²) in [4.78, 5) is 16.3. The minimum Gasteiger partial charge on any atom is -0.321 e. The Morgan fingerprint density at radius 3 is 2.81 bits per heavy atom. The van der Waals surface area contributed by atoms with Crippen LogP contribution in [0.1, 0.15) is 10.5 Å². The number of hydrogen-bond donors (Lipinski definition) is 1. The zero-order valence-corrected chi connectivity index (χ0v) is 11.4. The van der Waals surface area contributed by atoms with Gasteiger partial charge in [-0.25, -0.2) is 0 Å². The molecule has 2 aromatic heterocycles. The van der Waals surface area contributed by atoms with Crippen LogP contribution in [0.5, 0.6) is 0 Å². The molecule has 21 heavy (non-hydrogen) atoms. The van der Waals surface area contributed by atoms with Gasteiger partial charge >= 0.3 is 0 Å². The lowest BCUT2D eigenvalue weighted by molar-refractivity contribution is 0.102. The number of carbonyl (C=O) groups is 1. The summed E-state index contributed by atoms with van der Waals surface area (Å²) in [5, 5.41) is 10.3. The number of aryl methyl sites for hydroxylation is 1. The lowest BCUT2D eigenvalue weighted by atomic mass is 10.1. The molecule has 3 aromatic rings. The summed E-state index contributed by atoms with van der Waals surface area (Å²) in [5.74, 6) is -0.290. The fourth-order valence-corrected chi connectivity index (χ4v) is 1.94. The van der Waals surface area contributed by atoms with Crippen LogP contribution in [0.2, 0.25) is 0 Å². The maximum atomic E-state index is 12.0. The average Bonchev–Trinajstić information content (AvgIpc) is 2.95. The number of carbonyl (C=O) groups excluding carboxylic acids is 1. The summed E-state index contributed by atoms with van der Waals surface area (Å²) in [6, 6.07) is 13.2. The van der Waals surface area contributed by atoms with Crippen molar-refractivity contribution in [1.82, 2.24) is 20.0 Å². The molecule has 0 bridgehead atoms. The fraction of sp³-hybridized carbons (Fsp3) is 0.0667. The van der Waals surface area contributed by atoms with E-state index in [0.29, 0.717) is 5.69 Å². The molecule has 3 rings (SSSR count). The van der Waals surface area contributed by atoms with Crippen LogP contribution in [-0.2, 0) is 7.05 Å². The Bertz CT molecular complexity index is 766. The first-order chi connectivity index (χ1) is 10.2. The van der Waals surface area contributed by atoms with E-state index in [9.17, 15) is 4.79 Å². The van der Waals surface area contributed by atoms with E-state index < -0.39 is 0 Å². The van der Waals surface area contributed by atoms with Gasteiger partial charge in [-0.15, -0.1) is 5.10 Å². The fourth-order valence-electron chi connectivity index (χ4n) is 1.94. The third-order valence-electron chi connectivity index (χ3n) is 2.92. The number of benzene rings is 1. The van der Waals surface area contributed by atoms with E-state index >= 15 is 0 Å². The summed E-state index contributed by atoms with van der Waals surface area (Å²) in [6.45, 7) is 0. The lowest BCUT2D eigenvalue weighted by Gasteiger charge is -2.05. The molecule has 0 aliphatic carbocycles. The molecule has 104 valence electrons. The molecule has 0 aliphatic heterocycles. The first-order valence-electron chi connectivity index (χ1n) is 6.41. The normalized spacial score (nSPS) is 10.3. The van der Waals surface area contributed by atoms with Gasteiger partial charge in [0.25, 0.3) is 5.91 Å². The van der Waals surface area contributed by atoms with Crippen LogP contribution >= 0.6 is 0 Å². The molecule has 0 radical (unpaired) electrons. The molecule has 0 saturated carbocycles. The highest BCUT2D eigenvalue weighted by Crippen LogP contribution is 2.20. The van der Waals surface area contributed by atoms with Crippen LogP contribution < -0.4 is 5.32 Å². The number of aromatic nitrogens is 4. The molecule has 0 saturated heterocycles. The van der Waals surface area contributed by atoms with Gasteiger partial charge < -0.3 is 5.32 Å². The van der Waals surface area contributed by atoms with Crippen LogP contribution in [0.25, 0.3) is 11.3 Å². The Kier molecular flexibility index (Phi) is 3.42. The molecule has 0 spiro atoms. The quantitative estimate of drug-likeness (QED) is 0.797. The summed E-state index contributed by atoms with van der Waals surface area (Å²) >= 11 is 0. The predicted octanol–water partition coefficient (Wildman–Crippen LogP) is 2.13. The van der Waals surface area contributed by atoms with Gasteiger partial charge in [-0.1, -0.05) is 23.4 Å². The second-order valence-electron chi connectivity index (χ2n) is 4.53. The van der Waals surface area contributed by atoms with E-state index in [1.165, 1.54) is 4.68 Å². The number of rotatable bonds is 3. The van der Waals surface area contributed by atoms with Crippen LogP contribution in [0.3, 0.4) is 0 Å². The molecule has 6 nitrogen and oxygen atoms in total. The molecule has 0 aliphatic rings. The van der Waals surface area contributed by atoms with Crippen molar-refractivity contribution in [3.63, 3.8) is 0 Å². The van der Waals surface area contributed by atoms with E-state index in [1.54, 1.807) is 19.4 Å². The van der Waals surface area contributed by atoms with E-state index in [4.69, 9.17) is 0 Å². The van der Waals surface area contributed by atoms with E-state index in [0.717, 1.165) is 11.3 Å². The van der Waals surface area contributed by atoms with Gasteiger partial charge in [-0.3, -0.25) is 14.5 Å². The molecule has 1 aromatic carbocycles. The monoisotopic (exact) mass is 279 g/mol. The number of hydrogen-bond acceptors (Lipinski definition) is 4. The Balaban J connectivity index is 1.82. The summed E-state index contributed by atoms with van der Waals surface area (Å²) < 4.78 is 1.49. The summed E-state index contributed by atoms with van der Waals surface area (Å²) in [7, 11) is 1.71. The van der Waals surface area contributed by atoms with Crippen molar-refractivity contribution in [3.05, 3.63) is 60.6 Å². The lowest BCUT2D eigenvalue weighted by Crippen LogP contribution is -2.12. The van der Waals surface area contributed by atoms with E-state index in [1.807, 2.05) is 42.5 Å². The van der Waals surface area contributed by atoms with Gasteiger partial charge in [0.05, 0.1) is 11.9 Å². The van der Waals surface area contributed by atoms with Crippen molar-refractivity contribution in [3.8, 4) is 11.3 Å². The minimum absolute atomic E-state index is 0.278. The molecule has 6 heteroatoms. The largest absolute Gasteiger partial charge is 0.321 e. The van der Waals surface area contributed by atoms with Gasteiger partial charge in [-0.05, 0) is 24.3 Å². The Morgan fingerprint density at radius 1 is 1.19 bits per heavy atom. The van der Waals surface area contributed by atoms with E-state index in [-0.39, 0.29) is 11.6 Å². The summed E-state index contributed by atoms with van der Waals surface area (Å²) in [5.41, 5.74) is 2.76. The molecular formula is C15H13N5O. The first kappa shape index (κ1) is 13.0. The van der Waals surface area contributed by atoms with E-state index in [2.05, 4.69) is 20.6 Å². The van der Waals surface area contributed by atoms with Crippen molar-refractivity contribution in [1.29, 1.82) is 0 Å². The van der Waals surface area contributed by atoms with Crippen molar-refractivity contribution in [2.24, 2.45) is 7.05 Å². The van der Waals surface area contributed by atoms with Crippen molar-refractivity contribution in [2.45, 2.75) is 0 Å². The molecule has 1 N–H and O–H groups in total. The van der Waals surface area contributed by atoms with Gasteiger partial charge in [0.2, 0.25) is 0 Å². The van der Waals surface area contributed by atoms with Crippen molar-refractivity contribution < 1.29 is 4.79 Å². The van der Waals surface area contributed by atoms with Crippen molar-refractivity contribution in [2.75, 3.05) is 5.32 Å². The van der Waals surface area contributed by atoms with Crippen LogP contribution in [-0.4, -0.2) is 25.9 Å². The standard InChI is InChI=1S/C15H13N5O/c1-20-10-14(18-19-20)15(21)17-12-6-4-5-11(9-12)13-7-2-3-8-16-13/h2-10H,1H3,(H,17,21). The second kappa shape index (κ2) is 5.54. The predicted molar refractivity (Wildman–Crippen MR) is 78.6 cm³/mol. The SMILES string of the molecule is Cn1cc(C(=O)Nc2cccc(-c3ccccn3)c2)nn1. The molecule has 2 heterocycles. The smallest absolute Gasteiger partial charge is 0.277 e. The highest BCUT2D eigenvalue weighted by Gasteiger charge is 2.10.